The molecule has 2 amide bonds. The molecule has 134 valence electrons. The number of fused-ring (bicyclic) bond motifs is 1. The Morgan fingerprint density at radius 2 is 1.85 bits per heavy atom. The average Bonchev–Trinajstić information content (AvgIpc) is 3.19. The van der Waals surface area contributed by atoms with Crippen LogP contribution >= 0.6 is 0 Å². The Morgan fingerprint density at radius 3 is 2.50 bits per heavy atom. The van der Waals surface area contributed by atoms with Crippen molar-refractivity contribution in [1.82, 2.24) is 10.6 Å². The molecule has 5 nitrogen and oxygen atoms in total. The molecule has 2 N–H and O–H groups in total. The molecule has 0 bridgehead atoms. The fourth-order valence-corrected chi connectivity index (χ4v) is 3.50. The monoisotopic (exact) mass is 350 g/mol. The summed E-state index contributed by atoms with van der Waals surface area (Å²) < 4.78 is 5.87. The smallest absolute Gasteiger partial charge is 0.254 e. The zero-order valence-electron chi connectivity index (χ0n) is 14.9. The van der Waals surface area contributed by atoms with Crippen molar-refractivity contribution < 1.29 is 14.3 Å². The summed E-state index contributed by atoms with van der Waals surface area (Å²) in [5.74, 6) is 0.736. The number of benzene rings is 2. The summed E-state index contributed by atoms with van der Waals surface area (Å²) in [5.41, 5.74) is 2.93. The van der Waals surface area contributed by atoms with Crippen molar-refractivity contribution >= 4 is 11.8 Å². The summed E-state index contributed by atoms with van der Waals surface area (Å²) in [5, 5.41) is 5.68. The van der Waals surface area contributed by atoms with Crippen LogP contribution in [-0.2, 0) is 0 Å². The van der Waals surface area contributed by atoms with Gasteiger partial charge in [-0.05, 0) is 30.0 Å². The zero-order valence-corrected chi connectivity index (χ0v) is 14.9. The number of nitrogens with one attached hydrogen (secondary N) is 2. The number of ether oxygens (including phenoxy) is 1. The van der Waals surface area contributed by atoms with Crippen LogP contribution < -0.4 is 15.4 Å². The van der Waals surface area contributed by atoms with Crippen LogP contribution in [0.4, 0.5) is 0 Å². The van der Waals surface area contributed by atoms with Crippen LogP contribution in [0, 0.1) is 5.92 Å². The largest absolute Gasteiger partial charge is 0.491 e. The standard InChI is InChI=1S/C21H22N2O3/c1-12-8-18(12)23-20(24)14-9-15-17(13-6-4-3-5-7-13)11-26-19(15)16(10-14)21(25)22-2/h3-7,9-10,12,17-18H,8,11H2,1-2H3,(H,22,25)(H,23,24)/t12-,17-,18-/m0/s1. The number of hydrogen-bond donors (Lipinski definition) is 2. The van der Waals surface area contributed by atoms with Crippen molar-refractivity contribution in [2.75, 3.05) is 13.7 Å². The van der Waals surface area contributed by atoms with Crippen LogP contribution in [-0.4, -0.2) is 31.5 Å². The topological polar surface area (TPSA) is 67.4 Å². The molecule has 26 heavy (non-hydrogen) atoms. The van der Waals surface area contributed by atoms with Gasteiger partial charge < -0.3 is 15.4 Å². The third kappa shape index (κ3) is 2.94. The van der Waals surface area contributed by atoms with Crippen molar-refractivity contribution in [1.29, 1.82) is 0 Å². The Bertz CT molecular complexity index is 863. The first-order valence-electron chi connectivity index (χ1n) is 8.97. The number of hydrogen-bond acceptors (Lipinski definition) is 3. The molecule has 2 aliphatic rings. The fraction of sp³-hybridized carbons (Fsp3) is 0.333. The summed E-state index contributed by atoms with van der Waals surface area (Å²) in [6.45, 7) is 2.58. The van der Waals surface area contributed by atoms with Crippen LogP contribution in [0.1, 0.15) is 51.1 Å². The Kier molecular flexibility index (Phi) is 4.15. The van der Waals surface area contributed by atoms with Gasteiger partial charge in [0.15, 0.2) is 0 Å². The van der Waals surface area contributed by atoms with E-state index in [2.05, 4.69) is 17.6 Å². The maximum atomic E-state index is 12.7. The number of carbonyl (C=O) groups excluding carboxylic acids is 2. The zero-order chi connectivity index (χ0) is 18.3. The molecule has 1 heterocycles. The molecule has 2 aromatic carbocycles. The van der Waals surface area contributed by atoms with Crippen molar-refractivity contribution in [3.8, 4) is 5.75 Å². The number of amides is 2. The molecule has 3 atom stereocenters. The van der Waals surface area contributed by atoms with Gasteiger partial charge in [-0.2, -0.15) is 0 Å². The molecule has 0 aromatic heterocycles. The van der Waals surface area contributed by atoms with Crippen LogP contribution in [0.25, 0.3) is 0 Å². The molecule has 1 fully saturated rings. The van der Waals surface area contributed by atoms with E-state index in [0.29, 0.717) is 29.4 Å². The summed E-state index contributed by atoms with van der Waals surface area (Å²) in [7, 11) is 1.58. The van der Waals surface area contributed by atoms with Gasteiger partial charge in [0.25, 0.3) is 11.8 Å². The molecule has 1 aliphatic heterocycles. The Balaban J connectivity index is 1.75. The highest BCUT2D eigenvalue weighted by Crippen LogP contribution is 2.41. The summed E-state index contributed by atoms with van der Waals surface area (Å²) in [4.78, 5) is 25.0. The van der Waals surface area contributed by atoms with Gasteiger partial charge in [0.2, 0.25) is 0 Å². The molecule has 1 aliphatic carbocycles. The minimum atomic E-state index is -0.246. The van der Waals surface area contributed by atoms with E-state index in [0.717, 1.165) is 17.5 Å². The lowest BCUT2D eigenvalue weighted by Crippen LogP contribution is -2.27. The summed E-state index contributed by atoms with van der Waals surface area (Å²) >= 11 is 0. The maximum absolute atomic E-state index is 12.7. The predicted molar refractivity (Wildman–Crippen MR) is 98.6 cm³/mol. The van der Waals surface area contributed by atoms with Gasteiger partial charge in [0.05, 0.1) is 12.2 Å². The second-order valence-corrected chi connectivity index (χ2v) is 7.09. The van der Waals surface area contributed by atoms with Crippen molar-refractivity contribution in [2.24, 2.45) is 5.92 Å². The minimum absolute atomic E-state index is 0.0159. The fourth-order valence-electron chi connectivity index (χ4n) is 3.50. The first-order chi connectivity index (χ1) is 12.6. The SMILES string of the molecule is CNC(=O)c1cc(C(=O)N[C@H]2C[C@@H]2C)cc2c1OC[C@H]2c1ccccc1. The van der Waals surface area contributed by atoms with E-state index in [-0.39, 0.29) is 23.8 Å². The molecule has 0 saturated heterocycles. The number of rotatable bonds is 4. The quantitative estimate of drug-likeness (QED) is 0.891. The lowest BCUT2D eigenvalue weighted by atomic mass is 9.90. The molecule has 0 radical (unpaired) electrons. The van der Waals surface area contributed by atoms with Gasteiger partial charge in [-0.15, -0.1) is 0 Å². The van der Waals surface area contributed by atoms with E-state index >= 15 is 0 Å². The van der Waals surface area contributed by atoms with Crippen molar-refractivity contribution in [3.63, 3.8) is 0 Å². The third-order valence-corrected chi connectivity index (χ3v) is 5.25. The van der Waals surface area contributed by atoms with E-state index in [1.165, 1.54) is 0 Å². The van der Waals surface area contributed by atoms with E-state index in [1.54, 1.807) is 13.1 Å². The Morgan fingerprint density at radius 1 is 1.12 bits per heavy atom. The van der Waals surface area contributed by atoms with Crippen LogP contribution in [0.5, 0.6) is 5.75 Å². The van der Waals surface area contributed by atoms with E-state index < -0.39 is 0 Å². The molecule has 0 spiro atoms. The van der Waals surface area contributed by atoms with Gasteiger partial charge in [-0.25, -0.2) is 0 Å². The number of carbonyl (C=O) groups is 2. The van der Waals surface area contributed by atoms with Gasteiger partial charge >= 0.3 is 0 Å². The van der Waals surface area contributed by atoms with Crippen LogP contribution in [0.3, 0.4) is 0 Å². The van der Waals surface area contributed by atoms with Crippen molar-refractivity contribution in [3.05, 3.63) is 64.7 Å². The van der Waals surface area contributed by atoms with E-state index in [1.807, 2.05) is 36.4 Å². The predicted octanol–water partition coefficient (Wildman–Crippen LogP) is 2.71. The highest BCUT2D eigenvalue weighted by Gasteiger charge is 2.35. The van der Waals surface area contributed by atoms with Gasteiger partial charge in [0, 0.05) is 30.1 Å². The maximum Gasteiger partial charge on any atom is 0.254 e. The first kappa shape index (κ1) is 16.6. The van der Waals surface area contributed by atoms with Gasteiger partial charge in [-0.1, -0.05) is 37.3 Å². The minimum Gasteiger partial charge on any atom is -0.491 e. The Labute approximate surface area is 152 Å². The first-order valence-corrected chi connectivity index (χ1v) is 8.97. The Hall–Kier alpha value is -2.82. The molecule has 5 heteroatoms. The normalized spacial score (nSPS) is 22.9. The average molecular weight is 350 g/mol. The molecule has 1 saturated carbocycles. The lowest BCUT2D eigenvalue weighted by Gasteiger charge is -2.13. The third-order valence-electron chi connectivity index (χ3n) is 5.25. The summed E-state index contributed by atoms with van der Waals surface area (Å²) in [6.07, 6.45) is 1.01. The molecule has 0 unspecified atom stereocenters. The van der Waals surface area contributed by atoms with E-state index in [4.69, 9.17) is 4.74 Å². The van der Waals surface area contributed by atoms with Crippen LogP contribution in [0.2, 0.25) is 0 Å². The second-order valence-electron chi connectivity index (χ2n) is 7.09. The molecule has 4 rings (SSSR count). The van der Waals surface area contributed by atoms with Gasteiger partial charge in [-0.3, -0.25) is 9.59 Å². The highest BCUT2D eigenvalue weighted by atomic mass is 16.5. The summed E-state index contributed by atoms with van der Waals surface area (Å²) in [6, 6.07) is 13.8. The van der Waals surface area contributed by atoms with Gasteiger partial charge in [0.1, 0.15) is 5.75 Å². The molecular formula is C21H22N2O3. The van der Waals surface area contributed by atoms with Crippen LogP contribution in [0.15, 0.2) is 42.5 Å². The molecular weight excluding hydrogens is 328 g/mol. The van der Waals surface area contributed by atoms with Crippen molar-refractivity contribution in [2.45, 2.75) is 25.3 Å². The molecule has 2 aromatic rings. The highest BCUT2D eigenvalue weighted by molar-refractivity contribution is 6.02. The second kappa shape index (κ2) is 6.48. The lowest BCUT2D eigenvalue weighted by molar-refractivity contribution is 0.0949. The van der Waals surface area contributed by atoms with E-state index in [9.17, 15) is 9.59 Å².